The predicted molar refractivity (Wildman–Crippen MR) is 85.0 cm³/mol. The van der Waals surface area contributed by atoms with Crippen molar-refractivity contribution in [2.45, 2.75) is 39.3 Å². The van der Waals surface area contributed by atoms with E-state index in [0.717, 1.165) is 0 Å². The Hall–Kier alpha value is -1.63. The third-order valence-corrected chi connectivity index (χ3v) is 4.04. The van der Waals surface area contributed by atoms with E-state index in [1.165, 1.54) is 18.2 Å². The van der Waals surface area contributed by atoms with E-state index in [0.29, 0.717) is 12.1 Å². The molecule has 6 nitrogen and oxygen atoms in total. The second-order valence-electron chi connectivity index (χ2n) is 6.48. The molecule has 1 fully saturated rings. The van der Waals surface area contributed by atoms with Crippen LogP contribution in [0.2, 0.25) is 5.02 Å². The van der Waals surface area contributed by atoms with Gasteiger partial charge in [-0.2, -0.15) is 0 Å². The Balaban J connectivity index is 2.01. The third-order valence-electron chi connectivity index (χ3n) is 3.73. The fraction of sp³-hybridized carbons (Fsp3) is 0.467. The van der Waals surface area contributed by atoms with Crippen LogP contribution in [0, 0.1) is 5.41 Å². The molecule has 120 valence electrons. The van der Waals surface area contributed by atoms with Gasteiger partial charge >= 0.3 is 5.97 Å². The van der Waals surface area contributed by atoms with Crippen molar-refractivity contribution >= 4 is 29.2 Å². The van der Waals surface area contributed by atoms with Gasteiger partial charge in [-0.1, -0.05) is 32.4 Å². The molecular formula is C15H20ClN3O3. The van der Waals surface area contributed by atoms with Gasteiger partial charge in [-0.25, -0.2) is 10.2 Å². The molecule has 1 aliphatic rings. The van der Waals surface area contributed by atoms with Crippen LogP contribution >= 0.6 is 11.6 Å². The molecule has 7 heteroatoms. The molecule has 1 saturated heterocycles. The lowest BCUT2D eigenvalue weighted by Gasteiger charge is -2.25. The van der Waals surface area contributed by atoms with Crippen molar-refractivity contribution in [1.29, 1.82) is 0 Å². The zero-order valence-corrected chi connectivity index (χ0v) is 13.5. The van der Waals surface area contributed by atoms with Crippen LogP contribution < -0.4 is 16.2 Å². The highest BCUT2D eigenvalue weighted by molar-refractivity contribution is 6.33. The molecule has 2 unspecified atom stereocenters. The quantitative estimate of drug-likeness (QED) is 0.684. The van der Waals surface area contributed by atoms with E-state index < -0.39 is 5.97 Å². The Labute approximate surface area is 134 Å². The number of carbonyl (C=O) groups excluding carboxylic acids is 1. The van der Waals surface area contributed by atoms with Crippen LogP contribution in [-0.2, 0) is 4.79 Å². The van der Waals surface area contributed by atoms with Crippen molar-refractivity contribution < 1.29 is 14.7 Å². The van der Waals surface area contributed by atoms with Crippen molar-refractivity contribution in [2.75, 3.05) is 5.32 Å². The molecule has 1 amide bonds. The summed E-state index contributed by atoms with van der Waals surface area (Å²) in [5, 5.41) is 11.8. The number of rotatable bonds is 3. The SMILES string of the molecule is CC(C)(C)C1CC(C(=O)Nc2ccc(C(=O)O)c(Cl)c2)NN1. The molecule has 0 bridgehead atoms. The Bertz CT molecular complexity index is 598. The Morgan fingerprint density at radius 2 is 2.00 bits per heavy atom. The van der Waals surface area contributed by atoms with Gasteiger partial charge in [0, 0.05) is 11.7 Å². The second-order valence-corrected chi connectivity index (χ2v) is 6.89. The van der Waals surface area contributed by atoms with Gasteiger partial charge < -0.3 is 10.4 Å². The number of benzene rings is 1. The largest absolute Gasteiger partial charge is 0.478 e. The van der Waals surface area contributed by atoms with Gasteiger partial charge in [0.15, 0.2) is 0 Å². The Kier molecular flexibility index (Phi) is 4.75. The molecule has 22 heavy (non-hydrogen) atoms. The standard InChI is InChI=1S/C15H20ClN3O3/c1-15(2,3)12-7-11(18-19-12)13(20)17-8-4-5-9(14(21)22)10(16)6-8/h4-6,11-12,18-19H,7H2,1-3H3,(H,17,20)(H,21,22). The first kappa shape index (κ1) is 16.7. The lowest BCUT2D eigenvalue weighted by molar-refractivity contribution is -0.117. The summed E-state index contributed by atoms with van der Waals surface area (Å²) in [5.41, 5.74) is 6.65. The van der Waals surface area contributed by atoms with Crippen LogP contribution in [0.1, 0.15) is 37.6 Å². The molecule has 2 rings (SSSR count). The number of aromatic carboxylic acids is 1. The number of hydrogen-bond acceptors (Lipinski definition) is 4. The lowest BCUT2D eigenvalue weighted by Crippen LogP contribution is -2.42. The van der Waals surface area contributed by atoms with Crippen LogP contribution in [0.15, 0.2) is 18.2 Å². The maximum atomic E-state index is 12.2. The van der Waals surface area contributed by atoms with E-state index in [2.05, 4.69) is 36.9 Å². The lowest BCUT2D eigenvalue weighted by atomic mass is 9.84. The average molecular weight is 326 g/mol. The summed E-state index contributed by atoms with van der Waals surface area (Å²) >= 11 is 5.89. The van der Waals surface area contributed by atoms with Crippen molar-refractivity contribution in [1.82, 2.24) is 10.9 Å². The molecule has 0 aliphatic carbocycles. The van der Waals surface area contributed by atoms with Crippen molar-refractivity contribution in [3.05, 3.63) is 28.8 Å². The summed E-state index contributed by atoms with van der Waals surface area (Å²) in [5.74, 6) is -1.28. The highest BCUT2D eigenvalue weighted by atomic mass is 35.5. The number of anilines is 1. The van der Waals surface area contributed by atoms with Crippen LogP contribution in [0.25, 0.3) is 0 Å². The van der Waals surface area contributed by atoms with E-state index in [1.54, 1.807) is 0 Å². The summed E-state index contributed by atoms with van der Waals surface area (Å²) in [6.45, 7) is 6.32. The van der Waals surface area contributed by atoms with Gasteiger partial charge in [-0.15, -0.1) is 0 Å². The minimum absolute atomic E-state index is 0.00752. The molecule has 0 radical (unpaired) electrons. The van der Waals surface area contributed by atoms with Gasteiger partial charge in [0.1, 0.15) is 6.04 Å². The number of nitrogens with one attached hydrogen (secondary N) is 3. The summed E-state index contributed by atoms with van der Waals surface area (Å²) in [7, 11) is 0. The van der Waals surface area contributed by atoms with E-state index in [9.17, 15) is 9.59 Å². The zero-order chi connectivity index (χ0) is 16.5. The molecule has 1 heterocycles. The van der Waals surface area contributed by atoms with E-state index in [-0.39, 0.29) is 34.0 Å². The fourth-order valence-electron chi connectivity index (χ4n) is 2.29. The molecule has 1 aromatic carbocycles. The first-order chi connectivity index (χ1) is 10.2. The molecule has 0 aromatic heterocycles. The molecule has 0 saturated carbocycles. The third kappa shape index (κ3) is 3.76. The molecule has 4 N–H and O–H groups in total. The number of carboxylic acids is 1. The van der Waals surface area contributed by atoms with Crippen molar-refractivity contribution in [3.8, 4) is 0 Å². The normalized spacial score (nSPS) is 21.6. The van der Waals surface area contributed by atoms with Crippen molar-refractivity contribution in [2.24, 2.45) is 5.41 Å². The van der Waals surface area contributed by atoms with Gasteiger partial charge in [0.25, 0.3) is 0 Å². The second kappa shape index (κ2) is 6.24. The number of carboxylic acid groups (broad SMARTS) is 1. The van der Waals surface area contributed by atoms with Gasteiger partial charge in [-0.3, -0.25) is 10.2 Å². The van der Waals surface area contributed by atoms with Crippen molar-refractivity contribution in [3.63, 3.8) is 0 Å². The summed E-state index contributed by atoms with van der Waals surface area (Å²) in [4.78, 5) is 23.1. The van der Waals surface area contributed by atoms with Gasteiger partial charge in [0.05, 0.1) is 10.6 Å². The minimum atomic E-state index is -1.10. The maximum absolute atomic E-state index is 12.2. The number of hydrazine groups is 1. The summed E-state index contributed by atoms with van der Waals surface area (Å²) in [6.07, 6.45) is 0.677. The number of halogens is 1. The van der Waals surface area contributed by atoms with Crippen LogP contribution in [0.3, 0.4) is 0 Å². The average Bonchev–Trinajstić information content (AvgIpc) is 2.87. The summed E-state index contributed by atoms with van der Waals surface area (Å²) in [6, 6.07) is 4.19. The topological polar surface area (TPSA) is 90.5 Å². The molecule has 1 aromatic rings. The van der Waals surface area contributed by atoms with Crippen LogP contribution in [-0.4, -0.2) is 29.1 Å². The maximum Gasteiger partial charge on any atom is 0.337 e. The van der Waals surface area contributed by atoms with Crippen LogP contribution in [0.4, 0.5) is 5.69 Å². The molecular weight excluding hydrogens is 306 g/mol. The Morgan fingerprint density at radius 1 is 1.32 bits per heavy atom. The van der Waals surface area contributed by atoms with Crippen LogP contribution in [0.5, 0.6) is 0 Å². The Morgan fingerprint density at radius 3 is 2.50 bits per heavy atom. The number of carbonyl (C=O) groups is 2. The number of amides is 1. The first-order valence-corrected chi connectivity index (χ1v) is 7.41. The van der Waals surface area contributed by atoms with Gasteiger partial charge in [-0.05, 0) is 30.0 Å². The number of hydrogen-bond donors (Lipinski definition) is 4. The molecule has 1 aliphatic heterocycles. The first-order valence-electron chi connectivity index (χ1n) is 7.03. The van der Waals surface area contributed by atoms with E-state index >= 15 is 0 Å². The zero-order valence-electron chi connectivity index (χ0n) is 12.7. The highest BCUT2D eigenvalue weighted by Crippen LogP contribution is 2.26. The minimum Gasteiger partial charge on any atom is -0.478 e. The summed E-state index contributed by atoms with van der Waals surface area (Å²) < 4.78 is 0. The fourth-order valence-corrected chi connectivity index (χ4v) is 2.55. The molecule has 2 atom stereocenters. The van der Waals surface area contributed by atoms with E-state index in [1.807, 2.05) is 0 Å². The predicted octanol–water partition coefficient (Wildman–Crippen LogP) is 2.26. The van der Waals surface area contributed by atoms with Gasteiger partial charge in [0.2, 0.25) is 5.91 Å². The smallest absolute Gasteiger partial charge is 0.337 e. The van der Waals surface area contributed by atoms with E-state index in [4.69, 9.17) is 16.7 Å². The molecule has 0 spiro atoms. The monoisotopic (exact) mass is 325 g/mol. The highest BCUT2D eigenvalue weighted by Gasteiger charge is 2.35.